The van der Waals surface area contributed by atoms with Crippen LogP contribution in [0.25, 0.3) is 0 Å². The van der Waals surface area contributed by atoms with Gasteiger partial charge in [0.05, 0.1) is 0 Å². The van der Waals surface area contributed by atoms with Gasteiger partial charge in [0.15, 0.2) is 0 Å². The first-order chi connectivity index (χ1) is 8.19. The van der Waals surface area contributed by atoms with Crippen LogP contribution >= 0.6 is 11.6 Å². The Morgan fingerprint density at radius 2 is 2.06 bits per heavy atom. The molecule has 2 nitrogen and oxygen atoms in total. The normalized spacial score (nSPS) is 18.5. The monoisotopic (exact) mass is 252 g/mol. The summed E-state index contributed by atoms with van der Waals surface area (Å²) in [6.07, 6.45) is 2.46. The molecule has 1 fully saturated rings. The minimum Gasteiger partial charge on any atom is -0.330 e. The third-order valence-corrected chi connectivity index (χ3v) is 4.09. The molecule has 2 N–H and O–H groups in total. The van der Waals surface area contributed by atoms with Gasteiger partial charge in [-0.15, -0.1) is 0 Å². The standard InChI is InChI=1S/C14H21ClN2/c1-11-2-3-13(8-14(11)15)10-17-6-4-12(9-16)5-7-17/h2-3,8,12H,4-7,9-10,16H2,1H3. The van der Waals surface area contributed by atoms with Gasteiger partial charge in [0.1, 0.15) is 0 Å². The predicted octanol–water partition coefficient (Wildman–Crippen LogP) is 2.82. The molecule has 2 rings (SSSR count). The smallest absolute Gasteiger partial charge is 0.0438 e. The van der Waals surface area contributed by atoms with Gasteiger partial charge in [0.25, 0.3) is 0 Å². The molecule has 1 aromatic rings. The molecule has 0 aromatic heterocycles. The van der Waals surface area contributed by atoms with Crippen molar-refractivity contribution in [2.75, 3.05) is 19.6 Å². The number of piperidine rings is 1. The molecule has 0 aliphatic carbocycles. The van der Waals surface area contributed by atoms with Crippen LogP contribution in [0.2, 0.25) is 5.02 Å². The Morgan fingerprint density at radius 1 is 1.35 bits per heavy atom. The van der Waals surface area contributed by atoms with Gasteiger partial charge in [-0.05, 0) is 62.5 Å². The van der Waals surface area contributed by atoms with E-state index in [9.17, 15) is 0 Å². The van der Waals surface area contributed by atoms with E-state index >= 15 is 0 Å². The van der Waals surface area contributed by atoms with Crippen molar-refractivity contribution in [1.29, 1.82) is 0 Å². The Morgan fingerprint density at radius 3 is 2.65 bits per heavy atom. The van der Waals surface area contributed by atoms with E-state index in [4.69, 9.17) is 17.3 Å². The summed E-state index contributed by atoms with van der Waals surface area (Å²) in [4.78, 5) is 2.49. The number of aryl methyl sites for hydroxylation is 1. The lowest BCUT2D eigenvalue weighted by molar-refractivity contribution is 0.180. The molecule has 0 bridgehead atoms. The van der Waals surface area contributed by atoms with E-state index in [1.807, 2.05) is 6.92 Å². The maximum atomic E-state index is 6.14. The van der Waals surface area contributed by atoms with Crippen molar-refractivity contribution >= 4 is 11.6 Å². The molecule has 1 aliphatic rings. The summed E-state index contributed by atoms with van der Waals surface area (Å²) < 4.78 is 0. The lowest BCUT2D eigenvalue weighted by Gasteiger charge is -2.31. The van der Waals surface area contributed by atoms with Crippen LogP contribution in [0.1, 0.15) is 24.0 Å². The fraction of sp³-hybridized carbons (Fsp3) is 0.571. The quantitative estimate of drug-likeness (QED) is 0.897. The first-order valence-corrected chi connectivity index (χ1v) is 6.74. The van der Waals surface area contributed by atoms with Gasteiger partial charge >= 0.3 is 0 Å². The van der Waals surface area contributed by atoms with Crippen molar-refractivity contribution in [1.82, 2.24) is 4.90 Å². The van der Waals surface area contributed by atoms with Gasteiger partial charge in [-0.2, -0.15) is 0 Å². The highest BCUT2D eigenvalue weighted by Gasteiger charge is 2.17. The molecule has 1 saturated heterocycles. The van der Waals surface area contributed by atoms with Crippen molar-refractivity contribution in [3.63, 3.8) is 0 Å². The summed E-state index contributed by atoms with van der Waals surface area (Å²) in [5, 5.41) is 0.874. The number of rotatable bonds is 3. The maximum Gasteiger partial charge on any atom is 0.0438 e. The molecular formula is C14H21ClN2. The SMILES string of the molecule is Cc1ccc(CN2CCC(CN)CC2)cc1Cl. The van der Waals surface area contributed by atoms with Crippen LogP contribution in [-0.2, 0) is 6.54 Å². The van der Waals surface area contributed by atoms with Crippen molar-refractivity contribution in [3.05, 3.63) is 34.3 Å². The zero-order valence-electron chi connectivity index (χ0n) is 10.5. The van der Waals surface area contributed by atoms with Crippen molar-refractivity contribution in [2.45, 2.75) is 26.3 Å². The highest BCUT2D eigenvalue weighted by Crippen LogP contribution is 2.21. The molecule has 0 saturated carbocycles. The van der Waals surface area contributed by atoms with Crippen molar-refractivity contribution < 1.29 is 0 Å². The minimum atomic E-state index is 0.729. The number of likely N-dealkylation sites (tertiary alicyclic amines) is 1. The largest absolute Gasteiger partial charge is 0.330 e. The van der Waals surface area contributed by atoms with Crippen LogP contribution in [-0.4, -0.2) is 24.5 Å². The van der Waals surface area contributed by atoms with E-state index in [0.717, 1.165) is 42.7 Å². The average molecular weight is 253 g/mol. The number of hydrogen-bond acceptors (Lipinski definition) is 2. The van der Waals surface area contributed by atoms with Gasteiger partial charge in [0, 0.05) is 11.6 Å². The van der Waals surface area contributed by atoms with E-state index < -0.39 is 0 Å². The first kappa shape index (κ1) is 12.9. The molecular weight excluding hydrogens is 232 g/mol. The second kappa shape index (κ2) is 5.85. The predicted molar refractivity (Wildman–Crippen MR) is 73.2 cm³/mol. The Bertz CT molecular complexity index is 370. The molecule has 0 spiro atoms. The summed E-state index contributed by atoms with van der Waals surface area (Å²) >= 11 is 6.14. The highest BCUT2D eigenvalue weighted by atomic mass is 35.5. The maximum absolute atomic E-state index is 6.14. The van der Waals surface area contributed by atoms with Gasteiger partial charge < -0.3 is 5.73 Å². The number of benzene rings is 1. The molecule has 0 unspecified atom stereocenters. The number of hydrogen-bond donors (Lipinski definition) is 1. The lowest BCUT2D eigenvalue weighted by atomic mass is 9.97. The van der Waals surface area contributed by atoms with E-state index in [2.05, 4.69) is 23.1 Å². The van der Waals surface area contributed by atoms with Crippen LogP contribution in [0.15, 0.2) is 18.2 Å². The van der Waals surface area contributed by atoms with Crippen LogP contribution in [0, 0.1) is 12.8 Å². The number of halogens is 1. The van der Waals surface area contributed by atoms with Crippen LogP contribution < -0.4 is 5.73 Å². The van der Waals surface area contributed by atoms with E-state index in [-0.39, 0.29) is 0 Å². The molecule has 17 heavy (non-hydrogen) atoms. The van der Waals surface area contributed by atoms with Gasteiger partial charge in [-0.25, -0.2) is 0 Å². The zero-order chi connectivity index (χ0) is 12.3. The van der Waals surface area contributed by atoms with Gasteiger partial charge in [-0.1, -0.05) is 23.7 Å². The third kappa shape index (κ3) is 3.44. The second-order valence-corrected chi connectivity index (χ2v) is 5.45. The Labute approximate surface area is 109 Å². The topological polar surface area (TPSA) is 29.3 Å². The van der Waals surface area contributed by atoms with Gasteiger partial charge in [-0.3, -0.25) is 4.90 Å². The summed E-state index contributed by atoms with van der Waals surface area (Å²) in [5.41, 5.74) is 8.16. The van der Waals surface area contributed by atoms with Gasteiger partial charge in [0.2, 0.25) is 0 Å². The van der Waals surface area contributed by atoms with Crippen LogP contribution in [0.4, 0.5) is 0 Å². The summed E-state index contributed by atoms with van der Waals surface area (Å²) in [5.74, 6) is 0.729. The highest BCUT2D eigenvalue weighted by molar-refractivity contribution is 6.31. The minimum absolute atomic E-state index is 0.729. The van der Waals surface area contributed by atoms with E-state index in [1.165, 1.54) is 18.4 Å². The van der Waals surface area contributed by atoms with E-state index in [0.29, 0.717) is 0 Å². The molecule has 0 radical (unpaired) electrons. The third-order valence-electron chi connectivity index (χ3n) is 3.68. The fourth-order valence-electron chi connectivity index (χ4n) is 2.37. The summed E-state index contributed by atoms with van der Waals surface area (Å²) in [7, 11) is 0. The van der Waals surface area contributed by atoms with Crippen LogP contribution in [0.3, 0.4) is 0 Å². The molecule has 0 amide bonds. The number of nitrogens with two attached hydrogens (primary N) is 1. The molecule has 1 aromatic carbocycles. The Hall–Kier alpha value is -0.570. The Balaban J connectivity index is 1.91. The molecule has 0 atom stereocenters. The van der Waals surface area contributed by atoms with Crippen LogP contribution in [0.5, 0.6) is 0 Å². The van der Waals surface area contributed by atoms with Crippen molar-refractivity contribution in [3.8, 4) is 0 Å². The summed E-state index contributed by atoms with van der Waals surface area (Å²) in [6.45, 7) is 6.21. The molecule has 1 heterocycles. The zero-order valence-corrected chi connectivity index (χ0v) is 11.2. The molecule has 94 valence electrons. The first-order valence-electron chi connectivity index (χ1n) is 6.36. The van der Waals surface area contributed by atoms with Crippen molar-refractivity contribution in [2.24, 2.45) is 11.7 Å². The number of nitrogens with zero attached hydrogens (tertiary/aromatic N) is 1. The molecule has 1 aliphatic heterocycles. The molecule has 3 heteroatoms. The second-order valence-electron chi connectivity index (χ2n) is 5.04. The Kier molecular flexibility index (Phi) is 4.43. The average Bonchev–Trinajstić information content (AvgIpc) is 2.35. The lowest BCUT2D eigenvalue weighted by Crippen LogP contribution is -2.35. The fourth-order valence-corrected chi connectivity index (χ4v) is 2.58. The summed E-state index contributed by atoms with van der Waals surface area (Å²) in [6, 6.07) is 6.37. The van der Waals surface area contributed by atoms with E-state index in [1.54, 1.807) is 0 Å².